The van der Waals surface area contributed by atoms with E-state index in [1.807, 2.05) is 38.1 Å². The standard InChI is InChI=1S/C17H19ClFNO/c1-4-20-17(14-6-5-7-15(19)16(14)18)13-9-8-12(21-3)10-11(13)2/h5-10,17,20H,4H2,1-3H3. The van der Waals surface area contributed by atoms with Crippen LogP contribution in [-0.4, -0.2) is 13.7 Å². The van der Waals surface area contributed by atoms with Gasteiger partial charge in [-0.05, 0) is 48.4 Å². The molecule has 0 heterocycles. The molecule has 21 heavy (non-hydrogen) atoms. The average Bonchev–Trinajstić information content (AvgIpc) is 2.48. The first-order valence-corrected chi connectivity index (χ1v) is 7.28. The highest BCUT2D eigenvalue weighted by Crippen LogP contribution is 2.32. The second-order valence-corrected chi connectivity index (χ2v) is 5.23. The summed E-state index contributed by atoms with van der Waals surface area (Å²) in [7, 11) is 1.64. The molecule has 0 aromatic heterocycles. The fourth-order valence-electron chi connectivity index (χ4n) is 2.43. The summed E-state index contributed by atoms with van der Waals surface area (Å²) in [5.41, 5.74) is 2.87. The molecule has 1 atom stereocenters. The van der Waals surface area contributed by atoms with E-state index < -0.39 is 5.82 Å². The van der Waals surface area contributed by atoms with E-state index in [4.69, 9.17) is 16.3 Å². The van der Waals surface area contributed by atoms with Gasteiger partial charge in [0.2, 0.25) is 0 Å². The molecule has 4 heteroatoms. The Kier molecular flexibility index (Phi) is 5.21. The van der Waals surface area contributed by atoms with E-state index in [2.05, 4.69) is 5.32 Å². The Labute approximate surface area is 129 Å². The van der Waals surface area contributed by atoms with E-state index >= 15 is 0 Å². The molecular formula is C17H19ClFNO. The maximum atomic E-state index is 13.7. The lowest BCUT2D eigenvalue weighted by molar-refractivity contribution is 0.414. The molecular weight excluding hydrogens is 289 g/mol. The average molecular weight is 308 g/mol. The summed E-state index contributed by atoms with van der Waals surface area (Å²) in [6, 6.07) is 10.6. The molecule has 2 aromatic carbocycles. The normalized spacial score (nSPS) is 12.2. The molecule has 0 fully saturated rings. The zero-order chi connectivity index (χ0) is 15.4. The maximum absolute atomic E-state index is 13.7. The molecule has 112 valence electrons. The third-order valence-corrected chi connectivity index (χ3v) is 3.89. The lowest BCUT2D eigenvalue weighted by atomic mass is 9.94. The van der Waals surface area contributed by atoms with Crippen LogP contribution in [0.4, 0.5) is 4.39 Å². The Morgan fingerprint density at radius 3 is 2.62 bits per heavy atom. The third kappa shape index (κ3) is 3.36. The summed E-state index contributed by atoms with van der Waals surface area (Å²) < 4.78 is 19.0. The van der Waals surface area contributed by atoms with Gasteiger partial charge in [0, 0.05) is 0 Å². The summed E-state index contributed by atoms with van der Waals surface area (Å²) in [6.07, 6.45) is 0. The monoisotopic (exact) mass is 307 g/mol. The van der Waals surface area contributed by atoms with Gasteiger partial charge in [-0.2, -0.15) is 0 Å². The van der Waals surface area contributed by atoms with Crippen molar-refractivity contribution in [2.24, 2.45) is 0 Å². The fourth-order valence-corrected chi connectivity index (χ4v) is 2.67. The zero-order valence-corrected chi connectivity index (χ0v) is 13.2. The van der Waals surface area contributed by atoms with E-state index in [0.29, 0.717) is 0 Å². The van der Waals surface area contributed by atoms with Crippen LogP contribution in [0.3, 0.4) is 0 Å². The van der Waals surface area contributed by atoms with E-state index in [1.165, 1.54) is 6.07 Å². The molecule has 0 aliphatic carbocycles. The minimum Gasteiger partial charge on any atom is -0.497 e. The van der Waals surface area contributed by atoms with Gasteiger partial charge in [0.05, 0.1) is 18.2 Å². The van der Waals surface area contributed by atoms with Crippen molar-refractivity contribution in [3.05, 3.63) is 63.9 Å². The summed E-state index contributed by atoms with van der Waals surface area (Å²) >= 11 is 6.14. The van der Waals surface area contributed by atoms with Gasteiger partial charge >= 0.3 is 0 Å². The predicted octanol–water partition coefficient (Wildman–Crippen LogP) is 4.50. The van der Waals surface area contributed by atoms with E-state index in [0.717, 1.165) is 29.0 Å². The molecule has 1 N–H and O–H groups in total. The van der Waals surface area contributed by atoms with E-state index in [-0.39, 0.29) is 11.1 Å². The molecule has 1 unspecified atom stereocenters. The van der Waals surface area contributed by atoms with E-state index in [1.54, 1.807) is 13.2 Å². The van der Waals surface area contributed by atoms with Crippen molar-refractivity contribution in [3.8, 4) is 5.75 Å². The number of benzene rings is 2. The van der Waals surface area contributed by atoms with Crippen LogP contribution in [0.25, 0.3) is 0 Å². The Hall–Kier alpha value is -1.58. The molecule has 0 spiro atoms. The van der Waals surface area contributed by atoms with Crippen LogP contribution in [0.2, 0.25) is 5.02 Å². The number of hydrogen-bond acceptors (Lipinski definition) is 2. The number of ether oxygens (including phenoxy) is 1. The van der Waals surface area contributed by atoms with Gasteiger partial charge < -0.3 is 10.1 Å². The van der Waals surface area contributed by atoms with Crippen molar-refractivity contribution in [1.29, 1.82) is 0 Å². The topological polar surface area (TPSA) is 21.3 Å². The van der Waals surface area contributed by atoms with Gasteiger partial charge in [-0.25, -0.2) is 4.39 Å². The van der Waals surface area contributed by atoms with Crippen molar-refractivity contribution in [2.45, 2.75) is 19.9 Å². The molecule has 0 saturated heterocycles. The van der Waals surface area contributed by atoms with Gasteiger partial charge in [0.25, 0.3) is 0 Å². The van der Waals surface area contributed by atoms with Gasteiger partial charge in [-0.1, -0.05) is 36.7 Å². The minimum atomic E-state index is -0.400. The largest absolute Gasteiger partial charge is 0.497 e. The lowest BCUT2D eigenvalue weighted by Crippen LogP contribution is -2.23. The summed E-state index contributed by atoms with van der Waals surface area (Å²) in [5, 5.41) is 3.54. The maximum Gasteiger partial charge on any atom is 0.142 e. The van der Waals surface area contributed by atoms with Gasteiger partial charge in [0.1, 0.15) is 11.6 Å². The van der Waals surface area contributed by atoms with Gasteiger partial charge in [-0.15, -0.1) is 0 Å². The van der Waals surface area contributed by atoms with Crippen LogP contribution in [0.5, 0.6) is 5.75 Å². The third-order valence-electron chi connectivity index (χ3n) is 3.49. The first kappa shape index (κ1) is 15.8. The predicted molar refractivity (Wildman–Crippen MR) is 84.7 cm³/mol. The van der Waals surface area contributed by atoms with Crippen molar-refractivity contribution in [3.63, 3.8) is 0 Å². The fraction of sp³-hybridized carbons (Fsp3) is 0.294. The number of nitrogens with one attached hydrogen (secondary N) is 1. The molecule has 0 aliphatic heterocycles. The number of halogens is 2. The number of aryl methyl sites for hydroxylation is 1. The first-order valence-electron chi connectivity index (χ1n) is 6.90. The van der Waals surface area contributed by atoms with Crippen molar-refractivity contribution < 1.29 is 9.13 Å². The SMILES string of the molecule is CCNC(c1ccc(OC)cc1C)c1cccc(F)c1Cl. The minimum absolute atomic E-state index is 0.149. The molecule has 0 bridgehead atoms. The van der Waals surface area contributed by atoms with Crippen molar-refractivity contribution >= 4 is 11.6 Å². The number of methoxy groups -OCH3 is 1. The van der Waals surface area contributed by atoms with Crippen LogP contribution < -0.4 is 10.1 Å². The zero-order valence-electron chi connectivity index (χ0n) is 12.4. The van der Waals surface area contributed by atoms with Crippen LogP contribution in [0.1, 0.15) is 29.7 Å². The van der Waals surface area contributed by atoms with Crippen LogP contribution in [0.15, 0.2) is 36.4 Å². The Balaban J connectivity index is 2.51. The Bertz CT molecular complexity index is 630. The molecule has 0 radical (unpaired) electrons. The Morgan fingerprint density at radius 2 is 2.00 bits per heavy atom. The molecule has 0 saturated carbocycles. The highest BCUT2D eigenvalue weighted by Gasteiger charge is 2.19. The van der Waals surface area contributed by atoms with Crippen LogP contribution >= 0.6 is 11.6 Å². The highest BCUT2D eigenvalue weighted by atomic mass is 35.5. The lowest BCUT2D eigenvalue weighted by Gasteiger charge is -2.22. The second-order valence-electron chi connectivity index (χ2n) is 4.86. The number of rotatable bonds is 5. The molecule has 0 aliphatic rings. The molecule has 2 aromatic rings. The highest BCUT2D eigenvalue weighted by molar-refractivity contribution is 6.31. The summed E-state index contributed by atoms with van der Waals surface area (Å²) in [5.74, 6) is 0.403. The smallest absolute Gasteiger partial charge is 0.142 e. The molecule has 2 rings (SSSR count). The van der Waals surface area contributed by atoms with E-state index in [9.17, 15) is 4.39 Å². The van der Waals surface area contributed by atoms with Crippen LogP contribution in [0, 0.1) is 12.7 Å². The molecule has 2 nitrogen and oxygen atoms in total. The molecule has 0 amide bonds. The number of hydrogen-bond donors (Lipinski definition) is 1. The van der Waals surface area contributed by atoms with Gasteiger partial charge in [-0.3, -0.25) is 0 Å². The second kappa shape index (κ2) is 6.92. The van der Waals surface area contributed by atoms with Crippen molar-refractivity contribution in [2.75, 3.05) is 13.7 Å². The Morgan fingerprint density at radius 1 is 1.24 bits per heavy atom. The van der Waals surface area contributed by atoms with Crippen LogP contribution in [-0.2, 0) is 0 Å². The van der Waals surface area contributed by atoms with Crippen molar-refractivity contribution in [1.82, 2.24) is 5.32 Å². The first-order chi connectivity index (χ1) is 10.1. The summed E-state index contributed by atoms with van der Waals surface area (Å²) in [6.45, 7) is 4.78. The van der Waals surface area contributed by atoms with Gasteiger partial charge in [0.15, 0.2) is 0 Å². The quantitative estimate of drug-likeness (QED) is 0.878. The summed E-state index contributed by atoms with van der Waals surface area (Å²) in [4.78, 5) is 0.